The molecule has 1 aliphatic heterocycles. The van der Waals surface area contributed by atoms with E-state index in [1.54, 1.807) is 36.6 Å². The number of halogens is 3. The van der Waals surface area contributed by atoms with Crippen molar-refractivity contribution in [2.24, 2.45) is 0 Å². The number of aromatic nitrogens is 4. The second kappa shape index (κ2) is 16.0. The Morgan fingerprint density at radius 3 is 2.62 bits per heavy atom. The number of nitrogens with one attached hydrogen (secondary N) is 1. The first-order chi connectivity index (χ1) is 26.1. The first kappa shape index (κ1) is 39.7. The van der Waals surface area contributed by atoms with Crippen LogP contribution < -0.4 is 15.2 Å². The number of anilines is 1. The number of fused-ring (bicyclic) bond motifs is 2. The van der Waals surface area contributed by atoms with E-state index in [1.165, 1.54) is 28.3 Å². The van der Waals surface area contributed by atoms with Gasteiger partial charge in [0.25, 0.3) is 11.5 Å². The minimum absolute atomic E-state index is 0.00699. The normalized spacial score (nSPS) is 14.1. The number of nitrogens with zero attached hydrogens (tertiary/aromatic N) is 7. The SMILES string of the molecule is CCN(c1ncc2nc(C)n(CC#Cc3ccc(Cl)cc3-c3ccnc4c(C(=O)NS(C)(=O)=O)csc34)c(=O)c2c1C#N)C1CCN(CCC(C)(F)F)CC1. The molecule has 1 N–H and O–H groups in total. The lowest BCUT2D eigenvalue weighted by molar-refractivity contribution is 0.00121. The van der Waals surface area contributed by atoms with E-state index in [9.17, 15) is 32.0 Å². The summed E-state index contributed by atoms with van der Waals surface area (Å²) in [6, 6.07) is 9.12. The molecule has 1 fully saturated rings. The number of alkyl halides is 2. The van der Waals surface area contributed by atoms with E-state index in [1.807, 2.05) is 21.4 Å². The van der Waals surface area contributed by atoms with Crippen molar-refractivity contribution in [1.82, 2.24) is 29.1 Å². The van der Waals surface area contributed by atoms with E-state index < -0.39 is 27.4 Å². The molecule has 0 atom stereocenters. The molecule has 12 nitrogen and oxygen atoms in total. The number of carbonyl (C=O) groups is 1. The molecule has 0 unspecified atom stereocenters. The molecule has 0 aliphatic carbocycles. The molecule has 5 aromatic rings. The monoisotopic (exact) mass is 806 g/mol. The van der Waals surface area contributed by atoms with Crippen LogP contribution >= 0.6 is 22.9 Å². The molecule has 0 saturated carbocycles. The summed E-state index contributed by atoms with van der Waals surface area (Å²) in [6.45, 7) is 6.62. The number of hydrogen-bond donors (Lipinski definition) is 1. The Morgan fingerprint density at radius 1 is 1.20 bits per heavy atom. The van der Waals surface area contributed by atoms with Crippen molar-refractivity contribution in [3.05, 3.63) is 79.9 Å². The van der Waals surface area contributed by atoms with Crippen LogP contribution in [0.4, 0.5) is 14.6 Å². The van der Waals surface area contributed by atoms with Crippen molar-refractivity contribution >= 4 is 65.8 Å². The predicted octanol–water partition coefficient (Wildman–Crippen LogP) is 5.98. The van der Waals surface area contributed by atoms with Crippen molar-refractivity contribution in [1.29, 1.82) is 5.26 Å². The fourth-order valence-electron chi connectivity index (χ4n) is 6.80. The molecule has 17 heteroatoms. The number of amides is 1. The Hall–Kier alpha value is -5.00. The minimum Gasteiger partial charge on any atom is -0.353 e. The lowest BCUT2D eigenvalue weighted by atomic mass is 10.00. The number of carbonyl (C=O) groups excluding carboxylic acids is 1. The van der Waals surface area contributed by atoms with Crippen LogP contribution in [0.15, 0.2) is 46.8 Å². The Kier molecular flexibility index (Phi) is 11.5. The van der Waals surface area contributed by atoms with Crippen molar-refractivity contribution in [2.45, 2.75) is 58.5 Å². The Balaban J connectivity index is 1.31. The van der Waals surface area contributed by atoms with Crippen LogP contribution in [-0.4, -0.2) is 83.1 Å². The van der Waals surface area contributed by atoms with Gasteiger partial charge >= 0.3 is 0 Å². The number of hydrogen-bond acceptors (Lipinski definition) is 11. The van der Waals surface area contributed by atoms with Crippen LogP contribution in [0.3, 0.4) is 0 Å². The number of likely N-dealkylation sites (tertiary alicyclic amines) is 1. The number of sulfonamides is 1. The number of nitriles is 1. The van der Waals surface area contributed by atoms with E-state index in [0.717, 1.165) is 13.2 Å². The molecule has 1 aromatic carbocycles. The first-order valence-corrected chi connectivity index (χ1v) is 20.6. The van der Waals surface area contributed by atoms with Crippen LogP contribution in [0.25, 0.3) is 32.2 Å². The maximum atomic E-state index is 14.1. The molecule has 0 bridgehead atoms. The molecule has 0 radical (unpaired) electrons. The average molecular weight is 807 g/mol. The summed E-state index contributed by atoms with van der Waals surface area (Å²) in [5.74, 6) is 3.48. The molecule has 55 heavy (non-hydrogen) atoms. The fourth-order valence-corrected chi connectivity index (χ4v) is 8.45. The summed E-state index contributed by atoms with van der Waals surface area (Å²) >= 11 is 7.65. The van der Waals surface area contributed by atoms with Crippen LogP contribution in [0.5, 0.6) is 0 Å². The van der Waals surface area contributed by atoms with Gasteiger partial charge in [-0.15, -0.1) is 11.3 Å². The molecule has 0 spiro atoms. The van der Waals surface area contributed by atoms with Crippen molar-refractivity contribution in [2.75, 3.05) is 37.3 Å². The molecule has 1 amide bonds. The first-order valence-electron chi connectivity index (χ1n) is 17.4. The zero-order valence-electron chi connectivity index (χ0n) is 30.5. The Labute approximate surface area is 325 Å². The minimum atomic E-state index is -3.80. The molecular formula is C38H37ClF2N8O4S2. The third-order valence-corrected chi connectivity index (χ3v) is 11.3. The van der Waals surface area contributed by atoms with Gasteiger partial charge in [-0.2, -0.15) is 5.26 Å². The summed E-state index contributed by atoms with van der Waals surface area (Å²) in [5.41, 5.74) is 2.29. The lowest BCUT2D eigenvalue weighted by Crippen LogP contribution is -2.46. The highest BCUT2D eigenvalue weighted by molar-refractivity contribution is 7.89. The van der Waals surface area contributed by atoms with Gasteiger partial charge in [0.05, 0.1) is 45.7 Å². The van der Waals surface area contributed by atoms with Gasteiger partial charge in [-0.1, -0.05) is 23.4 Å². The molecule has 4 aromatic heterocycles. The van der Waals surface area contributed by atoms with E-state index in [0.29, 0.717) is 88.1 Å². The van der Waals surface area contributed by atoms with Crippen LogP contribution in [0, 0.1) is 30.1 Å². The highest BCUT2D eigenvalue weighted by Gasteiger charge is 2.30. The molecule has 286 valence electrons. The highest BCUT2D eigenvalue weighted by Crippen LogP contribution is 2.37. The molecular weight excluding hydrogens is 770 g/mol. The molecule has 6 rings (SSSR count). The maximum Gasteiger partial charge on any atom is 0.267 e. The number of thiophene rings is 1. The summed E-state index contributed by atoms with van der Waals surface area (Å²) in [5, 5.41) is 12.5. The summed E-state index contributed by atoms with van der Waals surface area (Å²) in [4.78, 5) is 44.4. The molecule has 1 saturated heterocycles. The summed E-state index contributed by atoms with van der Waals surface area (Å²) < 4.78 is 54.3. The fraction of sp³-hybridized carbons (Fsp3) is 0.368. The quantitative estimate of drug-likeness (QED) is 0.167. The van der Waals surface area contributed by atoms with Crippen LogP contribution in [0.1, 0.15) is 60.4 Å². The van der Waals surface area contributed by atoms with Gasteiger partial charge < -0.3 is 9.80 Å². The highest BCUT2D eigenvalue weighted by atomic mass is 35.5. The van der Waals surface area contributed by atoms with Gasteiger partial charge in [0.2, 0.25) is 15.9 Å². The predicted molar refractivity (Wildman–Crippen MR) is 210 cm³/mol. The number of pyridine rings is 2. The van der Waals surface area contributed by atoms with Gasteiger partial charge in [0.1, 0.15) is 23.3 Å². The van der Waals surface area contributed by atoms with Crippen molar-refractivity contribution in [3.63, 3.8) is 0 Å². The third-order valence-electron chi connectivity index (χ3n) is 9.47. The van der Waals surface area contributed by atoms with E-state index in [-0.39, 0.29) is 35.5 Å². The molecule has 1 aliphatic rings. The largest absolute Gasteiger partial charge is 0.353 e. The number of piperidine rings is 1. The van der Waals surface area contributed by atoms with Gasteiger partial charge in [0.15, 0.2) is 0 Å². The second-order valence-electron chi connectivity index (χ2n) is 13.4. The van der Waals surface area contributed by atoms with E-state index in [2.05, 4.69) is 32.9 Å². The smallest absolute Gasteiger partial charge is 0.267 e. The Bertz CT molecular complexity index is 2580. The second-order valence-corrected chi connectivity index (χ2v) is 16.5. The topological polar surface area (TPSA) is 154 Å². The van der Waals surface area contributed by atoms with E-state index >= 15 is 0 Å². The Morgan fingerprint density at radius 2 is 1.95 bits per heavy atom. The number of benzene rings is 1. The van der Waals surface area contributed by atoms with Crippen LogP contribution in [-0.2, 0) is 16.6 Å². The van der Waals surface area contributed by atoms with Gasteiger partial charge in [-0.3, -0.25) is 19.1 Å². The zero-order valence-corrected chi connectivity index (χ0v) is 32.9. The summed E-state index contributed by atoms with van der Waals surface area (Å²) in [6.07, 6.45) is 5.11. The van der Waals surface area contributed by atoms with Gasteiger partial charge in [-0.05, 0) is 57.9 Å². The van der Waals surface area contributed by atoms with Gasteiger partial charge in [0, 0.05) is 71.9 Å². The number of aryl methyl sites for hydroxylation is 1. The van der Waals surface area contributed by atoms with E-state index in [4.69, 9.17) is 11.6 Å². The van der Waals surface area contributed by atoms with Gasteiger partial charge in [-0.25, -0.2) is 31.9 Å². The van der Waals surface area contributed by atoms with Crippen LogP contribution in [0.2, 0.25) is 5.02 Å². The van der Waals surface area contributed by atoms with Crippen molar-refractivity contribution < 1.29 is 22.0 Å². The van der Waals surface area contributed by atoms with Crippen molar-refractivity contribution in [3.8, 4) is 29.0 Å². The maximum absolute atomic E-state index is 14.1. The number of rotatable bonds is 10. The zero-order chi connectivity index (χ0) is 39.7. The summed E-state index contributed by atoms with van der Waals surface area (Å²) in [7, 11) is -3.80. The standard InChI is InChI=1S/C38H37ClF2N8O4S2/c1-5-48(26-11-16-47(17-12-26)18-13-38(3,40)41)35-29(20-42)32-31(21-44-35)45-23(2)49(37(32)51)15-6-7-24-8-9-25(39)19-28(24)27-10-14-43-33-30(22-54-34(27)33)36(50)46-55(4,52)53/h8-10,14,19,21-22,26H,5,11-13,15-18H2,1-4H3,(H,46,50). The average Bonchev–Trinajstić information content (AvgIpc) is 3.57. The molecule has 5 heterocycles. The third kappa shape index (κ3) is 8.79. The lowest BCUT2D eigenvalue weighted by Gasteiger charge is -2.39.